The van der Waals surface area contributed by atoms with E-state index in [1.165, 1.54) is 10.3 Å². The Morgan fingerprint density at radius 3 is 2.95 bits per heavy atom. The lowest BCUT2D eigenvalue weighted by molar-refractivity contribution is 0.506. The molecule has 0 fully saturated rings. The Morgan fingerprint density at radius 2 is 2.20 bits per heavy atom. The average Bonchev–Trinajstić information content (AvgIpc) is 3.04. The van der Waals surface area contributed by atoms with Crippen LogP contribution in [0, 0.1) is 6.92 Å². The lowest BCUT2D eigenvalue weighted by atomic mass is 10.3. The molecule has 1 N–H and O–H groups in total. The van der Waals surface area contributed by atoms with E-state index in [2.05, 4.69) is 53.6 Å². The first-order chi connectivity index (χ1) is 9.72. The van der Waals surface area contributed by atoms with Gasteiger partial charge in [-0.25, -0.2) is 4.98 Å². The van der Waals surface area contributed by atoms with Crippen molar-refractivity contribution in [3.63, 3.8) is 0 Å². The number of nitrogens with zero attached hydrogens (tertiary/aromatic N) is 3. The molecule has 5 heteroatoms. The summed E-state index contributed by atoms with van der Waals surface area (Å²) in [4.78, 5) is 4.68. The van der Waals surface area contributed by atoms with Crippen LogP contribution < -0.4 is 5.32 Å². The molecule has 0 saturated heterocycles. The van der Waals surface area contributed by atoms with Crippen molar-refractivity contribution in [2.45, 2.75) is 26.4 Å². The van der Waals surface area contributed by atoms with E-state index in [9.17, 15) is 0 Å². The number of hydrogen-bond donors (Lipinski definition) is 1. The molecular weight excluding hydrogens is 268 g/mol. The van der Waals surface area contributed by atoms with Crippen molar-refractivity contribution in [3.8, 4) is 0 Å². The Labute approximate surface area is 122 Å². The summed E-state index contributed by atoms with van der Waals surface area (Å²) in [7, 11) is 0. The normalized spacial score (nSPS) is 12.9. The van der Waals surface area contributed by atoms with Crippen LogP contribution in [0.4, 0.5) is 0 Å². The van der Waals surface area contributed by atoms with Crippen molar-refractivity contribution in [1.82, 2.24) is 20.1 Å². The van der Waals surface area contributed by atoms with Crippen LogP contribution in [0.3, 0.4) is 0 Å². The Morgan fingerprint density at radius 1 is 1.35 bits per heavy atom. The number of aryl methyl sites for hydroxylation is 1. The van der Waals surface area contributed by atoms with E-state index in [0.29, 0.717) is 0 Å². The zero-order chi connectivity index (χ0) is 13.9. The maximum Gasteiger partial charge on any atom is 0.111 e. The highest BCUT2D eigenvalue weighted by atomic mass is 32.1. The monoisotopic (exact) mass is 286 g/mol. The summed E-state index contributed by atoms with van der Waals surface area (Å²) in [6.07, 6.45) is 3.95. The molecule has 0 aliphatic carbocycles. The summed E-state index contributed by atoms with van der Waals surface area (Å²) in [6.45, 7) is 5.98. The smallest absolute Gasteiger partial charge is 0.111 e. The van der Waals surface area contributed by atoms with E-state index in [-0.39, 0.29) is 6.04 Å². The number of para-hydroxylation sites is 1. The number of benzene rings is 1. The first-order valence-electron chi connectivity index (χ1n) is 6.80. The van der Waals surface area contributed by atoms with Crippen molar-refractivity contribution >= 4 is 21.6 Å². The molecule has 1 unspecified atom stereocenters. The van der Waals surface area contributed by atoms with Gasteiger partial charge in [-0.3, -0.25) is 4.68 Å². The first-order valence-corrected chi connectivity index (χ1v) is 7.62. The quantitative estimate of drug-likeness (QED) is 0.783. The van der Waals surface area contributed by atoms with Gasteiger partial charge in [0.05, 0.1) is 29.0 Å². The van der Waals surface area contributed by atoms with Crippen molar-refractivity contribution in [2.24, 2.45) is 0 Å². The van der Waals surface area contributed by atoms with Gasteiger partial charge in [-0.05, 0) is 31.5 Å². The molecule has 20 heavy (non-hydrogen) atoms. The lowest BCUT2D eigenvalue weighted by Crippen LogP contribution is -2.23. The molecule has 0 amide bonds. The van der Waals surface area contributed by atoms with Gasteiger partial charge in [0.25, 0.3) is 0 Å². The van der Waals surface area contributed by atoms with E-state index < -0.39 is 0 Å². The predicted octanol–water partition coefficient (Wildman–Crippen LogP) is 3.15. The molecule has 0 spiro atoms. The topological polar surface area (TPSA) is 42.7 Å². The Kier molecular flexibility index (Phi) is 3.80. The van der Waals surface area contributed by atoms with Crippen LogP contribution in [0.5, 0.6) is 0 Å². The second-order valence-corrected chi connectivity index (χ2v) is 6.04. The van der Waals surface area contributed by atoms with Crippen molar-refractivity contribution in [3.05, 3.63) is 47.2 Å². The molecular formula is C15H18N4S. The first kappa shape index (κ1) is 13.3. The minimum absolute atomic E-state index is 0.268. The van der Waals surface area contributed by atoms with E-state index in [4.69, 9.17) is 0 Å². The fourth-order valence-corrected chi connectivity index (χ4v) is 3.14. The van der Waals surface area contributed by atoms with Crippen LogP contribution in [-0.2, 0) is 6.54 Å². The third-order valence-corrected chi connectivity index (χ3v) is 4.45. The van der Waals surface area contributed by atoms with Crippen LogP contribution in [0.1, 0.15) is 23.5 Å². The Hall–Kier alpha value is -1.72. The molecule has 104 valence electrons. The molecule has 1 aromatic carbocycles. The molecule has 2 heterocycles. The van der Waals surface area contributed by atoms with Gasteiger partial charge < -0.3 is 5.32 Å². The van der Waals surface area contributed by atoms with Gasteiger partial charge in [-0.2, -0.15) is 5.10 Å². The number of fused-ring (bicyclic) bond motifs is 1. The maximum atomic E-state index is 4.68. The highest BCUT2D eigenvalue weighted by Crippen LogP contribution is 2.25. The summed E-state index contributed by atoms with van der Waals surface area (Å²) in [5.74, 6) is 0. The number of thiazole rings is 1. The molecule has 2 aromatic heterocycles. The number of nitrogens with one attached hydrogen (secondary N) is 1. The van der Waals surface area contributed by atoms with Gasteiger partial charge in [0.2, 0.25) is 0 Å². The highest BCUT2D eigenvalue weighted by Gasteiger charge is 2.10. The molecule has 0 bridgehead atoms. The third kappa shape index (κ3) is 2.89. The average molecular weight is 286 g/mol. The number of rotatable bonds is 5. The van der Waals surface area contributed by atoms with Gasteiger partial charge in [0.1, 0.15) is 5.01 Å². The molecule has 3 rings (SSSR count). The third-order valence-electron chi connectivity index (χ3n) is 3.23. The minimum Gasteiger partial charge on any atom is -0.306 e. The summed E-state index contributed by atoms with van der Waals surface area (Å²) < 4.78 is 3.21. The van der Waals surface area contributed by atoms with Crippen molar-refractivity contribution in [2.75, 3.05) is 6.54 Å². The van der Waals surface area contributed by atoms with Crippen LogP contribution in [0.2, 0.25) is 0 Å². The van der Waals surface area contributed by atoms with Crippen LogP contribution in [0.25, 0.3) is 10.2 Å². The molecule has 0 saturated carbocycles. The summed E-state index contributed by atoms with van der Waals surface area (Å²) in [6, 6.07) is 8.54. The molecule has 1 atom stereocenters. The molecule has 4 nitrogen and oxygen atoms in total. The summed E-state index contributed by atoms with van der Waals surface area (Å²) >= 11 is 1.76. The van der Waals surface area contributed by atoms with Crippen molar-refractivity contribution < 1.29 is 0 Å². The van der Waals surface area contributed by atoms with E-state index in [1.807, 2.05) is 16.9 Å². The van der Waals surface area contributed by atoms with E-state index >= 15 is 0 Å². The van der Waals surface area contributed by atoms with Crippen LogP contribution >= 0.6 is 11.3 Å². The van der Waals surface area contributed by atoms with Gasteiger partial charge in [-0.15, -0.1) is 11.3 Å². The van der Waals surface area contributed by atoms with Gasteiger partial charge >= 0.3 is 0 Å². The predicted molar refractivity (Wildman–Crippen MR) is 83.0 cm³/mol. The number of hydrogen-bond acceptors (Lipinski definition) is 4. The highest BCUT2D eigenvalue weighted by molar-refractivity contribution is 7.18. The zero-order valence-corrected chi connectivity index (χ0v) is 12.5. The number of aromatic nitrogens is 3. The second-order valence-electron chi connectivity index (χ2n) is 4.98. The maximum absolute atomic E-state index is 4.68. The molecule has 3 aromatic rings. The SMILES string of the molecule is Cc1cnn(CCNC(C)c2nc3ccccc3s2)c1. The summed E-state index contributed by atoms with van der Waals surface area (Å²) in [5, 5.41) is 8.93. The Bertz CT molecular complexity index is 668. The molecule has 0 radical (unpaired) electrons. The standard InChI is InChI=1S/C15H18N4S/c1-11-9-17-19(10-11)8-7-16-12(2)15-18-13-5-3-4-6-14(13)20-15/h3-6,9-10,12,16H,7-8H2,1-2H3. The van der Waals surface area contributed by atoms with Crippen LogP contribution in [0.15, 0.2) is 36.7 Å². The van der Waals surface area contributed by atoms with Crippen molar-refractivity contribution in [1.29, 1.82) is 0 Å². The largest absolute Gasteiger partial charge is 0.306 e. The van der Waals surface area contributed by atoms with E-state index in [0.717, 1.165) is 23.6 Å². The van der Waals surface area contributed by atoms with Gasteiger partial charge in [0.15, 0.2) is 0 Å². The minimum atomic E-state index is 0.268. The van der Waals surface area contributed by atoms with Gasteiger partial charge in [-0.1, -0.05) is 12.1 Å². The fraction of sp³-hybridized carbons (Fsp3) is 0.333. The van der Waals surface area contributed by atoms with Gasteiger partial charge in [0, 0.05) is 12.7 Å². The Balaban J connectivity index is 1.59. The fourth-order valence-electron chi connectivity index (χ4n) is 2.15. The molecule has 0 aliphatic heterocycles. The zero-order valence-electron chi connectivity index (χ0n) is 11.7. The lowest BCUT2D eigenvalue weighted by Gasteiger charge is -2.10. The van der Waals surface area contributed by atoms with Crippen LogP contribution in [-0.4, -0.2) is 21.3 Å². The summed E-state index contributed by atoms with van der Waals surface area (Å²) in [5.41, 5.74) is 2.29. The second kappa shape index (κ2) is 5.73. The van der Waals surface area contributed by atoms with E-state index in [1.54, 1.807) is 11.3 Å². The molecule has 0 aliphatic rings.